The van der Waals surface area contributed by atoms with Gasteiger partial charge in [0.05, 0.1) is 0 Å². The molecule has 3 unspecified atom stereocenters. The van der Waals surface area contributed by atoms with Crippen molar-refractivity contribution in [1.82, 2.24) is 0 Å². The standard InChI is InChI=1S/C27H29.2ClH.Zr/c1-19(7-6-9-21-15-14-20-8-2-3-10-22(20)21)13-16-25-23-11-4-5-12-24(23)26-17-18-27(25)26;;;/h2-5,8,10-12,14-15,21,25H,6-7,9,13,16-18H2,1H3;2*1H;/q;;;+2/p-2. The smallest absolute Gasteiger partial charge is 1.00 e. The second-order valence-electron chi connectivity index (χ2n) is 9.23. The van der Waals surface area contributed by atoms with Crippen LogP contribution in [0.5, 0.6) is 0 Å². The molecule has 0 N–H and O–H groups in total. The molecule has 2 aromatic rings. The molecule has 5 rings (SSSR count). The third-order valence-corrected chi connectivity index (χ3v) is 8.47. The SMILES string of the molecule is C[C]([Zr+2])(CCCC1C=Cc2ccccc21)CCC1C2=C(CC2)c2ccccc21.[Cl-].[Cl-]. The molecular formula is C27H29Cl2Zr. The van der Waals surface area contributed by atoms with Crippen LogP contribution in [0.4, 0.5) is 0 Å². The fraction of sp³-hybridized carbons (Fsp3) is 0.407. The number of halogens is 2. The van der Waals surface area contributed by atoms with Crippen molar-refractivity contribution in [2.45, 2.75) is 66.8 Å². The summed E-state index contributed by atoms with van der Waals surface area (Å²) in [5.41, 5.74) is 9.65. The first kappa shape index (κ1) is 24.0. The molecule has 0 heterocycles. The van der Waals surface area contributed by atoms with E-state index in [9.17, 15) is 0 Å². The van der Waals surface area contributed by atoms with Crippen LogP contribution >= 0.6 is 0 Å². The maximum atomic E-state index is 2.53. The summed E-state index contributed by atoms with van der Waals surface area (Å²) in [7, 11) is 0. The Morgan fingerprint density at radius 1 is 0.900 bits per heavy atom. The Balaban J connectivity index is 0.00000128. The van der Waals surface area contributed by atoms with Crippen molar-refractivity contribution in [2.24, 2.45) is 0 Å². The van der Waals surface area contributed by atoms with Gasteiger partial charge in [-0.1, -0.05) is 0 Å². The second kappa shape index (κ2) is 9.89. The summed E-state index contributed by atoms with van der Waals surface area (Å²) in [5.74, 6) is 1.37. The molecule has 0 aliphatic heterocycles. The van der Waals surface area contributed by atoms with Gasteiger partial charge >= 0.3 is 186 Å². The second-order valence-corrected chi connectivity index (χ2v) is 12.2. The van der Waals surface area contributed by atoms with E-state index in [0.29, 0.717) is 9.04 Å². The molecule has 3 atom stereocenters. The van der Waals surface area contributed by atoms with Crippen LogP contribution in [0.15, 0.2) is 60.2 Å². The van der Waals surface area contributed by atoms with E-state index in [-0.39, 0.29) is 24.8 Å². The summed E-state index contributed by atoms with van der Waals surface area (Å²) in [6.07, 6.45) is 14.1. The minimum atomic E-state index is 0. The molecule has 0 amide bonds. The molecule has 3 aliphatic rings. The summed E-state index contributed by atoms with van der Waals surface area (Å²) in [4.78, 5) is 0. The number of hydrogen-bond donors (Lipinski definition) is 0. The summed E-state index contributed by atoms with van der Waals surface area (Å²) < 4.78 is 0.524. The number of hydrogen-bond acceptors (Lipinski definition) is 0. The van der Waals surface area contributed by atoms with Crippen LogP contribution in [0.25, 0.3) is 11.6 Å². The fourth-order valence-electron chi connectivity index (χ4n) is 5.56. The van der Waals surface area contributed by atoms with E-state index in [0.717, 1.165) is 5.92 Å². The molecule has 3 aliphatic carbocycles. The summed E-state index contributed by atoms with van der Waals surface area (Å²) >= 11 is 1.72. The van der Waals surface area contributed by atoms with Gasteiger partial charge in [0, 0.05) is 0 Å². The van der Waals surface area contributed by atoms with Crippen LogP contribution in [0.2, 0.25) is 3.12 Å². The quantitative estimate of drug-likeness (QED) is 0.528. The van der Waals surface area contributed by atoms with Crippen molar-refractivity contribution in [2.75, 3.05) is 0 Å². The molecule has 30 heavy (non-hydrogen) atoms. The molecule has 155 valence electrons. The van der Waals surface area contributed by atoms with Gasteiger partial charge in [-0.15, -0.1) is 0 Å². The van der Waals surface area contributed by atoms with Gasteiger partial charge in [-0.3, -0.25) is 0 Å². The average molecular weight is 516 g/mol. The minimum Gasteiger partial charge on any atom is -1.00 e. The first-order chi connectivity index (χ1) is 13.6. The number of allylic oxidation sites excluding steroid dienone is 3. The van der Waals surface area contributed by atoms with Crippen LogP contribution in [0, 0.1) is 0 Å². The van der Waals surface area contributed by atoms with Crippen LogP contribution in [-0.2, 0) is 24.7 Å². The van der Waals surface area contributed by atoms with Gasteiger partial charge in [0.15, 0.2) is 0 Å². The van der Waals surface area contributed by atoms with E-state index in [1.165, 1.54) is 50.5 Å². The van der Waals surface area contributed by atoms with Crippen LogP contribution in [-0.4, -0.2) is 0 Å². The summed E-state index contributed by atoms with van der Waals surface area (Å²) in [5, 5.41) is 0. The van der Waals surface area contributed by atoms with Crippen molar-refractivity contribution in [3.8, 4) is 0 Å². The van der Waals surface area contributed by atoms with Gasteiger partial charge in [0.25, 0.3) is 0 Å². The Hall–Kier alpha value is -0.617. The summed E-state index contributed by atoms with van der Waals surface area (Å²) in [6, 6.07) is 18.1. The predicted octanol–water partition coefficient (Wildman–Crippen LogP) is 1.83. The van der Waals surface area contributed by atoms with E-state index in [2.05, 4.69) is 67.6 Å². The monoisotopic (exact) mass is 513 g/mol. The zero-order valence-corrected chi connectivity index (χ0v) is 21.6. The van der Waals surface area contributed by atoms with Crippen LogP contribution in [0.3, 0.4) is 0 Å². The normalized spacial score (nSPS) is 22.2. The van der Waals surface area contributed by atoms with Crippen LogP contribution in [0.1, 0.15) is 86.0 Å². The topological polar surface area (TPSA) is 0 Å². The van der Waals surface area contributed by atoms with E-state index in [1.807, 2.05) is 0 Å². The summed E-state index contributed by atoms with van der Waals surface area (Å²) in [6.45, 7) is 2.53. The first-order valence-electron chi connectivity index (χ1n) is 11.0. The number of fused-ring (bicyclic) bond motifs is 3. The molecule has 3 heteroatoms. The molecule has 0 saturated heterocycles. The molecular weight excluding hydrogens is 486 g/mol. The molecule has 0 fully saturated rings. The van der Waals surface area contributed by atoms with E-state index >= 15 is 0 Å². The third-order valence-electron chi connectivity index (χ3n) is 7.25. The zero-order chi connectivity index (χ0) is 19.1. The van der Waals surface area contributed by atoms with Crippen LogP contribution < -0.4 is 24.8 Å². The van der Waals surface area contributed by atoms with Gasteiger partial charge in [-0.25, -0.2) is 0 Å². The molecule has 0 radical (unpaired) electrons. The fourth-order valence-corrected chi connectivity index (χ4v) is 6.34. The first-order valence-corrected chi connectivity index (χ1v) is 12.2. The van der Waals surface area contributed by atoms with Gasteiger partial charge < -0.3 is 24.8 Å². The number of rotatable bonds is 7. The van der Waals surface area contributed by atoms with Crippen molar-refractivity contribution in [3.63, 3.8) is 0 Å². The van der Waals surface area contributed by atoms with Crippen molar-refractivity contribution in [3.05, 3.63) is 82.4 Å². The van der Waals surface area contributed by atoms with Gasteiger partial charge in [-0.2, -0.15) is 0 Å². The van der Waals surface area contributed by atoms with E-state index < -0.39 is 0 Å². The minimum absolute atomic E-state index is 0. The van der Waals surface area contributed by atoms with Crippen molar-refractivity contribution >= 4 is 11.6 Å². The van der Waals surface area contributed by atoms with Gasteiger partial charge in [-0.05, 0) is 0 Å². The largest absolute Gasteiger partial charge is 1.00 e. The maximum absolute atomic E-state index is 2.53. The molecule has 2 aromatic carbocycles. The van der Waals surface area contributed by atoms with Crippen molar-refractivity contribution in [1.29, 1.82) is 0 Å². The molecule has 0 bridgehead atoms. The Labute approximate surface area is 209 Å². The van der Waals surface area contributed by atoms with E-state index in [1.54, 1.807) is 52.6 Å². The Morgan fingerprint density at radius 3 is 2.40 bits per heavy atom. The zero-order valence-electron chi connectivity index (χ0n) is 17.6. The van der Waals surface area contributed by atoms with Crippen molar-refractivity contribution < 1.29 is 49.5 Å². The van der Waals surface area contributed by atoms with Gasteiger partial charge in [0.2, 0.25) is 0 Å². The Bertz CT molecular complexity index is 957. The molecule has 0 nitrogen and oxygen atoms in total. The Kier molecular flexibility index (Phi) is 7.93. The predicted molar refractivity (Wildman–Crippen MR) is 115 cm³/mol. The third kappa shape index (κ3) is 4.60. The van der Waals surface area contributed by atoms with Gasteiger partial charge in [0.1, 0.15) is 0 Å². The molecule has 0 saturated carbocycles. The maximum Gasteiger partial charge on any atom is -1.00 e. The molecule has 0 spiro atoms. The average Bonchev–Trinajstić information content (AvgIpc) is 3.16. The Morgan fingerprint density at radius 2 is 1.63 bits per heavy atom. The van der Waals surface area contributed by atoms with E-state index in [4.69, 9.17) is 0 Å². The molecule has 0 aromatic heterocycles. The number of benzene rings is 2.